The minimum absolute atomic E-state index is 0.161. The zero-order chi connectivity index (χ0) is 21.9. The van der Waals surface area contributed by atoms with Gasteiger partial charge in [-0.1, -0.05) is 36.4 Å². The monoisotopic (exact) mass is 439 g/mol. The molecule has 3 aromatic rings. The van der Waals surface area contributed by atoms with E-state index in [0.717, 1.165) is 28.6 Å². The second kappa shape index (κ2) is 6.82. The van der Waals surface area contributed by atoms with E-state index in [4.69, 9.17) is 14.2 Å². The van der Waals surface area contributed by atoms with E-state index in [-0.39, 0.29) is 12.1 Å². The van der Waals surface area contributed by atoms with E-state index in [9.17, 15) is 13.2 Å². The van der Waals surface area contributed by atoms with Crippen molar-refractivity contribution in [2.24, 2.45) is 0 Å². The summed E-state index contributed by atoms with van der Waals surface area (Å²) in [5.41, 5.74) is 2.15. The molecule has 1 unspecified atom stereocenters. The van der Waals surface area contributed by atoms with Crippen LogP contribution < -0.4 is 19.1 Å². The summed E-state index contributed by atoms with van der Waals surface area (Å²) in [6.07, 6.45) is -4.40. The van der Waals surface area contributed by atoms with E-state index in [1.165, 1.54) is 6.07 Å². The van der Waals surface area contributed by atoms with Crippen molar-refractivity contribution in [1.82, 2.24) is 0 Å². The summed E-state index contributed by atoms with van der Waals surface area (Å²) in [5.74, 6) is 2.08. The smallest absolute Gasteiger partial charge is 0.416 e. The van der Waals surface area contributed by atoms with Crippen LogP contribution in [0, 0.1) is 0 Å². The minimum Gasteiger partial charge on any atom is -0.492 e. The Morgan fingerprint density at radius 2 is 1.53 bits per heavy atom. The molecule has 3 aliphatic rings. The Bertz CT molecular complexity index is 1210. The van der Waals surface area contributed by atoms with Crippen LogP contribution in [0.1, 0.15) is 22.3 Å². The second-order valence-corrected chi connectivity index (χ2v) is 8.39. The van der Waals surface area contributed by atoms with Crippen LogP contribution in [0.4, 0.5) is 18.9 Å². The van der Waals surface area contributed by atoms with Crippen LogP contribution in [0.2, 0.25) is 0 Å². The number of halogens is 3. The van der Waals surface area contributed by atoms with Gasteiger partial charge in [-0.25, -0.2) is 0 Å². The highest BCUT2D eigenvalue weighted by atomic mass is 19.4. The molecule has 3 aliphatic heterocycles. The third kappa shape index (κ3) is 2.83. The SMILES string of the molecule is FC(F)(F)c1ccccc1CN1CC2(COc3cc4c(cc32)OCCO4)c2ccccc21. The number of para-hydroxylation sites is 1. The average molecular weight is 439 g/mol. The third-order valence-electron chi connectivity index (χ3n) is 6.54. The Labute approximate surface area is 183 Å². The molecule has 1 spiro atoms. The van der Waals surface area contributed by atoms with E-state index < -0.39 is 17.2 Å². The second-order valence-electron chi connectivity index (χ2n) is 8.39. The molecule has 0 aromatic heterocycles. The number of hydrogen-bond donors (Lipinski definition) is 0. The molecule has 0 saturated heterocycles. The van der Waals surface area contributed by atoms with E-state index in [2.05, 4.69) is 0 Å². The number of alkyl halides is 3. The van der Waals surface area contributed by atoms with Crippen LogP contribution in [-0.4, -0.2) is 26.4 Å². The Kier molecular flexibility index (Phi) is 4.12. The molecule has 164 valence electrons. The van der Waals surface area contributed by atoms with Crippen LogP contribution in [0.15, 0.2) is 60.7 Å². The van der Waals surface area contributed by atoms with Gasteiger partial charge in [0.1, 0.15) is 25.6 Å². The van der Waals surface area contributed by atoms with Crippen LogP contribution in [0.5, 0.6) is 17.2 Å². The predicted octanol–water partition coefficient (Wildman–Crippen LogP) is 5.18. The number of fused-ring (bicyclic) bond motifs is 5. The number of nitrogens with zero attached hydrogens (tertiary/aromatic N) is 1. The van der Waals surface area contributed by atoms with E-state index in [1.807, 2.05) is 41.3 Å². The number of ether oxygens (including phenoxy) is 3. The average Bonchev–Trinajstić information content (AvgIpc) is 3.30. The van der Waals surface area contributed by atoms with Crippen molar-refractivity contribution in [2.75, 3.05) is 31.3 Å². The van der Waals surface area contributed by atoms with Crippen molar-refractivity contribution in [2.45, 2.75) is 18.1 Å². The summed E-state index contributed by atoms with van der Waals surface area (Å²) < 4.78 is 58.4. The summed E-state index contributed by atoms with van der Waals surface area (Å²) in [5, 5.41) is 0. The molecule has 6 rings (SSSR count). The van der Waals surface area contributed by atoms with Gasteiger partial charge in [0, 0.05) is 30.4 Å². The fraction of sp³-hybridized carbons (Fsp3) is 0.280. The highest BCUT2D eigenvalue weighted by Gasteiger charge is 2.50. The summed E-state index contributed by atoms with van der Waals surface area (Å²) in [7, 11) is 0. The topological polar surface area (TPSA) is 30.9 Å². The van der Waals surface area contributed by atoms with Gasteiger partial charge in [0.05, 0.1) is 11.0 Å². The first-order valence-corrected chi connectivity index (χ1v) is 10.5. The first-order valence-electron chi connectivity index (χ1n) is 10.5. The van der Waals surface area contributed by atoms with Crippen molar-refractivity contribution in [1.29, 1.82) is 0 Å². The molecule has 3 heterocycles. The van der Waals surface area contributed by atoms with Crippen LogP contribution in [-0.2, 0) is 18.1 Å². The Balaban J connectivity index is 1.43. The molecular weight excluding hydrogens is 419 g/mol. The van der Waals surface area contributed by atoms with E-state index >= 15 is 0 Å². The summed E-state index contributed by atoms with van der Waals surface area (Å²) in [4.78, 5) is 2.02. The van der Waals surface area contributed by atoms with Gasteiger partial charge < -0.3 is 19.1 Å². The lowest BCUT2D eigenvalue weighted by Gasteiger charge is -2.27. The molecule has 32 heavy (non-hydrogen) atoms. The quantitative estimate of drug-likeness (QED) is 0.551. The molecule has 0 bridgehead atoms. The molecule has 0 amide bonds. The van der Waals surface area contributed by atoms with Gasteiger partial charge in [-0.05, 0) is 29.3 Å². The van der Waals surface area contributed by atoms with Crippen LogP contribution >= 0.6 is 0 Å². The normalized spacial score (nSPS) is 20.8. The van der Waals surface area contributed by atoms with Gasteiger partial charge in [0.2, 0.25) is 0 Å². The zero-order valence-corrected chi connectivity index (χ0v) is 17.1. The highest BCUT2D eigenvalue weighted by Crippen LogP contribution is 2.54. The maximum Gasteiger partial charge on any atom is 0.416 e. The Morgan fingerprint density at radius 3 is 2.34 bits per heavy atom. The lowest BCUT2D eigenvalue weighted by molar-refractivity contribution is -0.138. The van der Waals surface area contributed by atoms with Gasteiger partial charge in [-0.2, -0.15) is 13.2 Å². The maximum absolute atomic E-state index is 13.6. The number of anilines is 1. The molecule has 1 atom stereocenters. The van der Waals surface area contributed by atoms with Crippen LogP contribution in [0.25, 0.3) is 0 Å². The van der Waals surface area contributed by atoms with Gasteiger partial charge in [0.15, 0.2) is 11.5 Å². The van der Waals surface area contributed by atoms with Crippen molar-refractivity contribution in [3.8, 4) is 17.2 Å². The molecule has 7 heteroatoms. The highest BCUT2D eigenvalue weighted by molar-refractivity contribution is 5.71. The molecule has 0 aliphatic carbocycles. The van der Waals surface area contributed by atoms with Gasteiger partial charge in [-0.3, -0.25) is 0 Å². The number of benzene rings is 3. The summed E-state index contributed by atoms with van der Waals surface area (Å²) in [6, 6.07) is 17.5. The van der Waals surface area contributed by atoms with Gasteiger partial charge >= 0.3 is 6.18 Å². The molecule has 0 radical (unpaired) electrons. The fourth-order valence-electron chi connectivity index (χ4n) is 5.13. The zero-order valence-electron chi connectivity index (χ0n) is 17.1. The molecule has 0 N–H and O–H groups in total. The van der Waals surface area contributed by atoms with Crippen molar-refractivity contribution in [3.63, 3.8) is 0 Å². The molecule has 3 aromatic carbocycles. The summed E-state index contributed by atoms with van der Waals surface area (Å²) >= 11 is 0. The lowest BCUT2D eigenvalue weighted by Crippen LogP contribution is -2.36. The molecule has 0 saturated carbocycles. The van der Waals surface area contributed by atoms with Gasteiger partial charge in [-0.15, -0.1) is 0 Å². The molecule has 0 fully saturated rings. The Morgan fingerprint density at radius 1 is 0.812 bits per heavy atom. The largest absolute Gasteiger partial charge is 0.492 e. The molecule has 4 nitrogen and oxygen atoms in total. The standard InChI is InChI=1S/C25H20F3NO3/c26-25(27,28)17-6-2-1-5-16(17)13-29-14-24(18-7-3-4-8-20(18)29)15-32-21-12-23-22(11-19(21)24)30-9-10-31-23/h1-8,11-12H,9-10,13-15H2. The predicted molar refractivity (Wildman–Crippen MR) is 113 cm³/mol. The fourth-order valence-corrected chi connectivity index (χ4v) is 5.13. The summed E-state index contributed by atoms with van der Waals surface area (Å²) in [6.45, 7) is 2.07. The van der Waals surface area contributed by atoms with E-state index in [1.54, 1.807) is 12.1 Å². The molecular formula is C25H20F3NO3. The van der Waals surface area contributed by atoms with Crippen molar-refractivity contribution < 1.29 is 27.4 Å². The van der Waals surface area contributed by atoms with Crippen LogP contribution in [0.3, 0.4) is 0 Å². The van der Waals surface area contributed by atoms with Gasteiger partial charge in [0.25, 0.3) is 0 Å². The van der Waals surface area contributed by atoms with E-state index in [0.29, 0.717) is 37.9 Å². The number of rotatable bonds is 2. The lowest BCUT2D eigenvalue weighted by atomic mass is 9.77. The van der Waals surface area contributed by atoms with Crippen molar-refractivity contribution >= 4 is 5.69 Å². The first kappa shape index (κ1) is 19.3. The maximum atomic E-state index is 13.6. The Hall–Kier alpha value is -3.35. The van der Waals surface area contributed by atoms with Crippen molar-refractivity contribution in [3.05, 3.63) is 82.9 Å². The first-order chi connectivity index (χ1) is 15.5. The third-order valence-corrected chi connectivity index (χ3v) is 6.54. The number of hydrogen-bond acceptors (Lipinski definition) is 4. The minimum atomic E-state index is -4.40.